The summed E-state index contributed by atoms with van der Waals surface area (Å²) in [5.74, 6) is 0.513. The van der Waals surface area contributed by atoms with Gasteiger partial charge >= 0.3 is 0 Å². The molecule has 2 N–H and O–H groups in total. The van der Waals surface area contributed by atoms with Crippen LogP contribution in [0, 0.1) is 11.8 Å². The molecule has 1 spiro atoms. The van der Waals surface area contributed by atoms with Crippen LogP contribution in [0.4, 0.5) is 0 Å². The van der Waals surface area contributed by atoms with Gasteiger partial charge in [-0.1, -0.05) is 30.3 Å². The van der Waals surface area contributed by atoms with Crippen molar-refractivity contribution in [2.24, 2.45) is 11.8 Å². The van der Waals surface area contributed by atoms with Gasteiger partial charge < -0.3 is 19.8 Å². The SMILES string of the molecule is OC[C@H]1CN(C[C@@H]2CCc3cccnc3[C@@H](O)C2)CC[C@]12OCc1ccccc12. The van der Waals surface area contributed by atoms with Crippen molar-refractivity contribution in [1.82, 2.24) is 9.88 Å². The van der Waals surface area contributed by atoms with Gasteiger partial charge in [0.2, 0.25) is 0 Å². The third-order valence-electron chi connectivity index (χ3n) is 7.25. The first kappa shape index (κ1) is 19.2. The number of ether oxygens (including phenoxy) is 1. The highest BCUT2D eigenvalue weighted by Crippen LogP contribution is 2.47. The number of aliphatic hydroxyl groups is 2. The minimum Gasteiger partial charge on any atom is -0.396 e. The Morgan fingerprint density at radius 2 is 2.03 bits per heavy atom. The largest absolute Gasteiger partial charge is 0.396 e. The molecule has 1 saturated heterocycles. The van der Waals surface area contributed by atoms with Crippen molar-refractivity contribution >= 4 is 0 Å². The third kappa shape index (κ3) is 3.40. The Kier molecular flexibility index (Phi) is 5.16. The van der Waals surface area contributed by atoms with Gasteiger partial charge in [-0.05, 0) is 54.4 Å². The molecule has 1 aromatic carbocycles. The van der Waals surface area contributed by atoms with Crippen LogP contribution in [-0.2, 0) is 23.4 Å². The molecule has 0 amide bonds. The lowest BCUT2D eigenvalue weighted by Crippen LogP contribution is -2.52. The number of hydrogen-bond acceptors (Lipinski definition) is 5. The van der Waals surface area contributed by atoms with Crippen LogP contribution in [0.3, 0.4) is 0 Å². The molecule has 3 heterocycles. The van der Waals surface area contributed by atoms with Crippen LogP contribution < -0.4 is 0 Å². The lowest BCUT2D eigenvalue weighted by atomic mass is 9.75. The highest BCUT2D eigenvalue weighted by atomic mass is 16.5. The second-order valence-electron chi connectivity index (χ2n) is 8.93. The molecule has 0 radical (unpaired) electrons. The maximum Gasteiger partial charge on any atom is 0.101 e. The Hall–Kier alpha value is -1.79. The van der Waals surface area contributed by atoms with E-state index in [1.807, 2.05) is 6.07 Å². The van der Waals surface area contributed by atoms with Crippen molar-refractivity contribution in [3.63, 3.8) is 0 Å². The average molecular weight is 395 g/mol. The number of fused-ring (bicyclic) bond motifs is 3. The van der Waals surface area contributed by atoms with Crippen molar-refractivity contribution in [1.29, 1.82) is 0 Å². The molecule has 5 heteroatoms. The van der Waals surface area contributed by atoms with Crippen LogP contribution in [0.1, 0.15) is 47.8 Å². The zero-order valence-corrected chi connectivity index (χ0v) is 16.8. The second kappa shape index (κ2) is 7.80. The first-order chi connectivity index (χ1) is 14.2. The molecule has 154 valence electrons. The standard InChI is InChI=1S/C24H30N2O3/c27-15-20-14-26(11-9-24(20)21-6-2-1-4-19(21)16-29-24)13-17-7-8-18-5-3-10-25-23(18)22(28)12-17/h1-6,10,17,20,22,27-28H,7-9,11-16H2/t17-,20-,22+,24+/m1/s1. The van der Waals surface area contributed by atoms with E-state index in [0.29, 0.717) is 12.5 Å². The summed E-state index contributed by atoms with van der Waals surface area (Å²) in [6, 6.07) is 12.5. The molecule has 29 heavy (non-hydrogen) atoms. The van der Waals surface area contributed by atoms with Crippen LogP contribution >= 0.6 is 0 Å². The van der Waals surface area contributed by atoms with Gasteiger partial charge in [-0.2, -0.15) is 0 Å². The lowest BCUT2D eigenvalue weighted by Gasteiger charge is -2.46. The maximum atomic E-state index is 10.7. The van der Waals surface area contributed by atoms with E-state index in [4.69, 9.17) is 4.74 Å². The van der Waals surface area contributed by atoms with Crippen LogP contribution in [0.15, 0.2) is 42.6 Å². The number of aliphatic hydroxyl groups excluding tert-OH is 2. The number of likely N-dealkylation sites (tertiary alicyclic amines) is 1. The van der Waals surface area contributed by atoms with Crippen molar-refractivity contribution < 1.29 is 14.9 Å². The van der Waals surface area contributed by atoms with Crippen molar-refractivity contribution in [2.45, 2.75) is 44.0 Å². The number of nitrogens with zero attached hydrogens (tertiary/aromatic N) is 2. The third-order valence-corrected chi connectivity index (χ3v) is 7.25. The summed E-state index contributed by atoms with van der Waals surface area (Å²) in [5.41, 5.74) is 4.23. The van der Waals surface area contributed by atoms with Gasteiger partial charge in [0.25, 0.3) is 0 Å². The Morgan fingerprint density at radius 1 is 1.17 bits per heavy atom. The fourth-order valence-corrected chi connectivity index (χ4v) is 5.74. The monoisotopic (exact) mass is 394 g/mol. The Labute approximate surface area is 172 Å². The van der Waals surface area contributed by atoms with E-state index in [0.717, 1.165) is 51.0 Å². The molecule has 2 aromatic rings. The summed E-state index contributed by atoms with van der Waals surface area (Å²) in [6.45, 7) is 3.53. The molecule has 1 aliphatic carbocycles. The van der Waals surface area contributed by atoms with Crippen LogP contribution in [0.5, 0.6) is 0 Å². The predicted octanol–water partition coefficient (Wildman–Crippen LogP) is 2.81. The quantitative estimate of drug-likeness (QED) is 0.784. The predicted molar refractivity (Wildman–Crippen MR) is 110 cm³/mol. The molecular weight excluding hydrogens is 364 g/mol. The second-order valence-corrected chi connectivity index (χ2v) is 8.93. The number of aryl methyl sites for hydroxylation is 1. The fraction of sp³-hybridized carbons (Fsp3) is 0.542. The Bertz CT molecular complexity index is 873. The minimum atomic E-state index is -0.478. The first-order valence-corrected chi connectivity index (χ1v) is 10.9. The van der Waals surface area contributed by atoms with Crippen molar-refractivity contribution in [2.75, 3.05) is 26.2 Å². The highest BCUT2D eigenvalue weighted by molar-refractivity contribution is 5.37. The van der Waals surface area contributed by atoms with Crippen LogP contribution in [-0.4, -0.2) is 46.3 Å². The van der Waals surface area contributed by atoms with Crippen LogP contribution in [0.25, 0.3) is 0 Å². The normalized spacial score (nSPS) is 32.0. The van der Waals surface area contributed by atoms with Gasteiger partial charge in [0.15, 0.2) is 0 Å². The number of pyridine rings is 1. The van der Waals surface area contributed by atoms with E-state index in [1.165, 1.54) is 16.7 Å². The molecule has 0 bridgehead atoms. The van der Waals surface area contributed by atoms with E-state index in [1.54, 1.807) is 6.20 Å². The van der Waals surface area contributed by atoms with Gasteiger partial charge in [0, 0.05) is 31.7 Å². The zero-order chi connectivity index (χ0) is 19.8. The molecule has 3 aliphatic rings. The molecule has 4 atom stereocenters. The molecule has 5 rings (SSSR count). The minimum absolute atomic E-state index is 0.0782. The van der Waals surface area contributed by atoms with Gasteiger partial charge in [-0.3, -0.25) is 4.98 Å². The van der Waals surface area contributed by atoms with Crippen molar-refractivity contribution in [3.8, 4) is 0 Å². The average Bonchev–Trinajstić information content (AvgIpc) is 3.04. The van der Waals surface area contributed by atoms with Gasteiger partial charge in [-0.25, -0.2) is 0 Å². The van der Waals surface area contributed by atoms with Crippen LogP contribution in [0.2, 0.25) is 0 Å². The molecule has 0 unspecified atom stereocenters. The molecule has 1 aromatic heterocycles. The summed E-state index contributed by atoms with van der Waals surface area (Å²) < 4.78 is 6.34. The smallest absolute Gasteiger partial charge is 0.101 e. The fourth-order valence-electron chi connectivity index (χ4n) is 5.74. The number of rotatable bonds is 3. The summed E-state index contributed by atoms with van der Waals surface area (Å²) >= 11 is 0. The Morgan fingerprint density at radius 3 is 2.93 bits per heavy atom. The van der Waals surface area contributed by atoms with Crippen molar-refractivity contribution in [3.05, 3.63) is 65.0 Å². The number of benzene rings is 1. The van der Waals surface area contributed by atoms with Gasteiger partial charge in [0.1, 0.15) is 5.60 Å². The summed E-state index contributed by atoms with van der Waals surface area (Å²) in [5, 5.41) is 20.9. The lowest BCUT2D eigenvalue weighted by molar-refractivity contribution is -0.134. The molecule has 2 aliphatic heterocycles. The van der Waals surface area contributed by atoms with Gasteiger partial charge in [-0.15, -0.1) is 0 Å². The Balaban J connectivity index is 1.28. The molecule has 0 saturated carbocycles. The van der Waals surface area contributed by atoms with Gasteiger partial charge in [0.05, 0.1) is 25.0 Å². The molecular formula is C24H30N2O3. The number of piperidine rings is 1. The highest BCUT2D eigenvalue weighted by Gasteiger charge is 2.49. The zero-order valence-electron chi connectivity index (χ0n) is 16.8. The summed E-state index contributed by atoms with van der Waals surface area (Å²) in [6.07, 6.45) is 5.01. The topological polar surface area (TPSA) is 65.8 Å². The van der Waals surface area contributed by atoms with E-state index in [-0.39, 0.29) is 18.1 Å². The maximum absolute atomic E-state index is 10.7. The molecule has 5 nitrogen and oxygen atoms in total. The van der Waals surface area contributed by atoms with E-state index < -0.39 is 6.10 Å². The van der Waals surface area contributed by atoms with E-state index in [9.17, 15) is 10.2 Å². The number of hydrogen-bond donors (Lipinski definition) is 2. The number of aromatic nitrogens is 1. The molecule has 1 fully saturated rings. The van der Waals surface area contributed by atoms with E-state index in [2.05, 4.69) is 40.2 Å². The first-order valence-electron chi connectivity index (χ1n) is 10.9. The summed E-state index contributed by atoms with van der Waals surface area (Å²) in [7, 11) is 0. The van der Waals surface area contributed by atoms with E-state index >= 15 is 0 Å². The summed E-state index contributed by atoms with van der Waals surface area (Å²) in [4.78, 5) is 6.89.